The number of carbonyl (C=O) groups excluding carboxylic acids is 1. The van der Waals surface area contributed by atoms with E-state index in [4.69, 9.17) is 10.2 Å². The van der Waals surface area contributed by atoms with Crippen molar-refractivity contribution < 1.29 is 32.6 Å². The van der Waals surface area contributed by atoms with E-state index in [0.29, 0.717) is 0 Å². The first kappa shape index (κ1) is 12.3. The molecule has 0 amide bonds. The van der Waals surface area contributed by atoms with Crippen molar-refractivity contribution in [1.82, 2.24) is 0 Å². The first-order valence-electron chi connectivity index (χ1n) is 3.32. The third-order valence-electron chi connectivity index (χ3n) is 1.04. The van der Waals surface area contributed by atoms with Gasteiger partial charge in [-0.25, -0.2) is 0 Å². The maximum absolute atomic E-state index is 10.7. The molecule has 0 heterocycles. The smallest absolute Gasteiger partial charge is 0.332 e. The molecule has 0 radical (unpaired) electrons. The van der Waals surface area contributed by atoms with Gasteiger partial charge in [0.25, 0.3) is 0 Å². The second-order valence-corrected chi connectivity index (χ2v) is 3.74. The minimum absolute atomic E-state index is 0.0936. The van der Waals surface area contributed by atoms with E-state index in [-0.39, 0.29) is 19.5 Å². The highest BCUT2D eigenvalue weighted by Crippen LogP contribution is 2.00. The van der Waals surface area contributed by atoms with E-state index < -0.39 is 22.0 Å². The molecule has 2 N–H and O–H groups in total. The highest BCUT2D eigenvalue weighted by Gasteiger charge is 2.18. The van der Waals surface area contributed by atoms with Crippen molar-refractivity contribution in [3.8, 4) is 0 Å². The van der Waals surface area contributed by atoms with E-state index in [0.717, 1.165) is 0 Å². The van der Waals surface area contributed by atoms with Gasteiger partial charge in [0.1, 0.15) is 5.75 Å². The second-order valence-electron chi connectivity index (χ2n) is 2.15. The first-order chi connectivity index (χ1) is 6.02. The average molecular weight is 214 g/mol. The molecule has 0 aromatic heterocycles. The lowest BCUT2D eigenvalue weighted by Gasteiger charge is -2.06. The summed E-state index contributed by atoms with van der Waals surface area (Å²) in [4.78, 5) is 13.1. The van der Waals surface area contributed by atoms with E-state index in [2.05, 4.69) is 9.22 Å². The summed E-state index contributed by atoms with van der Waals surface area (Å²) in [6.45, 7) is -0.540. The number of aliphatic hydroxyl groups excluding tert-OH is 2. The summed E-state index contributed by atoms with van der Waals surface area (Å²) >= 11 is 0. The summed E-state index contributed by atoms with van der Waals surface area (Å²) in [5.41, 5.74) is 0. The summed E-state index contributed by atoms with van der Waals surface area (Å²) in [6.07, 6.45) is -1.34. The van der Waals surface area contributed by atoms with Crippen molar-refractivity contribution in [3.05, 3.63) is 0 Å². The Kier molecular flexibility index (Phi) is 5.55. The van der Waals surface area contributed by atoms with Gasteiger partial charge in [-0.2, -0.15) is 8.42 Å². The Morgan fingerprint density at radius 3 is 2.54 bits per heavy atom. The largest absolute Gasteiger partial charge is 0.396 e. The summed E-state index contributed by atoms with van der Waals surface area (Å²) in [5.74, 6) is -0.735. The number of carbonyl (C=O) groups is 1. The Morgan fingerprint density at radius 2 is 2.08 bits per heavy atom. The van der Waals surface area contributed by atoms with Gasteiger partial charge < -0.3 is 10.2 Å². The molecule has 0 aliphatic rings. The molecular formula is C5H10O7S. The fourth-order valence-electron chi connectivity index (χ4n) is 0.572. The predicted molar refractivity (Wildman–Crippen MR) is 39.7 cm³/mol. The van der Waals surface area contributed by atoms with Crippen LogP contribution in [0.5, 0.6) is 0 Å². The Hall–Kier alpha value is -0.700. The standard InChI is InChI=1S/C5H10O7S/c6-2-1-5(8)3-13(9,10)12-11-4-7/h4-6,8H,1-3H2. The molecule has 8 heteroatoms. The molecule has 78 valence electrons. The average Bonchev–Trinajstić information content (AvgIpc) is 2.00. The van der Waals surface area contributed by atoms with E-state index >= 15 is 0 Å². The van der Waals surface area contributed by atoms with Crippen molar-refractivity contribution in [2.75, 3.05) is 12.4 Å². The van der Waals surface area contributed by atoms with Gasteiger partial charge in [0.15, 0.2) is 0 Å². The topological polar surface area (TPSA) is 110 Å². The van der Waals surface area contributed by atoms with E-state index in [1.165, 1.54) is 0 Å². The lowest BCUT2D eigenvalue weighted by atomic mass is 10.3. The van der Waals surface area contributed by atoms with Crippen LogP contribution >= 0.6 is 0 Å². The van der Waals surface area contributed by atoms with Crippen LogP contribution in [0.2, 0.25) is 0 Å². The highest BCUT2D eigenvalue weighted by atomic mass is 32.2. The van der Waals surface area contributed by atoms with Gasteiger partial charge in [-0.15, -0.1) is 0 Å². The van der Waals surface area contributed by atoms with E-state index in [9.17, 15) is 13.2 Å². The Bertz CT molecular complexity index is 233. The maximum atomic E-state index is 10.7. The van der Waals surface area contributed by atoms with Crippen molar-refractivity contribution in [3.63, 3.8) is 0 Å². The zero-order valence-corrected chi connectivity index (χ0v) is 7.44. The Labute approximate surface area is 74.9 Å². The lowest BCUT2D eigenvalue weighted by molar-refractivity contribution is -0.194. The number of aliphatic hydroxyl groups is 2. The van der Waals surface area contributed by atoms with Gasteiger partial charge in [-0.1, -0.05) is 4.33 Å². The highest BCUT2D eigenvalue weighted by molar-refractivity contribution is 7.86. The number of rotatable bonds is 7. The molecule has 7 nitrogen and oxygen atoms in total. The van der Waals surface area contributed by atoms with Crippen molar-refractivity contribution >= 4 is 16.6 Å². The maximum Gasteiger partial charge on any atom is 0.332 e. The fraction of sp³-hybridized carbons (Fsp3) is 0.800. The van der Waals surface area contributed by atoms with Crippen molar-refractivity contribution in [2.45, 2.75) is 12.5 Å². The molecule has 1 unspecified atom stereocenters. The molecule has 0 aromatic rings. The van der Waals surface area contributed by atoms with Crippen LogP contribution in [-0.4, -0.2) is 43.6 Å². The van der Waals surface area contributed by atoms with Crippen LogP contribution in [0.4, 0.5) is 0 Å². The van der Waals surface area contributed by atoms with Crippen LogP contribution in [-0.2, 0) is 24.1 Å². The lowest BCUT2D eigenvalue weighted by Crippen LogP contribution is -2.23. The van der Waals surface area contributed by atoms with E-state index in [1.807, 2.05) is 0 Å². The molecule has 0 rings (SSSR count). The molecular weight excluding hydrogens is 204 g/mol. The fourth-order valence-corrected chi connectivity index (χ4v) is 1.42. The summed E-state index contributed by atoms with van der Waals surface area (Å²) in [5, 5.41) is 17.2. The molecule has 0 saturated carbocycles. The molecule has 13 heavy (non-hydrogen) atoms. The van der Waals surface area contributed by atoms with Crippen LogP contribution in [0.25, 0.3) is 0 Å². The minimum Gasteiger partial charge on any atom is -0.396 e. The molecule has 0 aliphatic carbocycles. The van der Waals surface area contributed by atoms with Crippen LogP contribution in [0, 0.1) is 0 Å². The van der Waals surface area contributed by atoms with Crippen LogP contribution in [0.15, 0.2) is 0 Å². The molecule has 0 fully saturated rings. The second kappa shape index (κ2) is 5.86. The van der Waals surface area contributed by atoms with Gasteiger partial charge in [-0.05, 0) is 6.42 Å². The van der Waals surface area contributed by atoms with Crippen molar-refractivity contribution in [1.29, 1.82) is 0 Å². The molecule has 0 bridgehead atoms. The molecule has 1 atom stereocenters. The van der Waals surface area contributed by atoms with Crippen LogP contribution in [0.3, 0.4) is 0 Å². The number of hydrogen-bond acceptors (Lipinski definition) is 7. The van der Waals surface area contributed by atoms with Crippen molar-refractivity contribution in [2.24, 2.45) is 0 Å². The van der Waals surface area contributed by atoms with Gasteiger partial charge in [0.2, 0.25) is 0 Å². The molecule has 0 aromatic carbocycles. The van der Waals surface area contributed by atoms with Gasteiger partial charge in [-0.3, -0.25) is 9.68 Å². The van der Waals surface area contributed by atoms with Gasteiger partial charge in [0, 0.05) is 6.61 Å². The van der Waals surface area contributed by atoms with E-state index in [1.54, 1.807) is 0 Å². The Balaban J connectivity index is 3.94. The van der Waals surface area contributed by atoms with Crippen LogP contribution < -0.4 is 0 Å². The monoisotopic (exact) mass is 214 g/mol. The zero-order valence-electron chi connectivity index (χ0n) is 6.62. The zero-order chi connectivity index (χ0) is 10.3. The third-order valence-corrected chi connectivity index (χ3v) is 2.12. The quantitative estimate of drug-likeness (QED) is 0.291. The summed E-state index contributed by atoms with van der Waals surface area (Å²) in [6, 6.07) is 0. The van der Waals surface area contributed by atoms with Gasteiger partial charge >= 0.3 is 16.6 Å². The molecule has 0 spiro atoms. The SMILES string of the molecule is O=COOS(=O)(=O)CC(O)CCO. The molecule has 0 aliphatic heterocycles. The summed E-state index contributed by atoms with van der Waals surface area (Å²) in [7, 11) is -4.08. The third kappa shape index (κ3) is 6.46. The predicted octanol–water partition coefficient (Wildman–Crippen LogP) is -1.84. The summed E-state index contributed by atoms with van der Waals surface area (Å²) < 4.78 is 25.1. The minimum atomic E-state index is -4.08. The normalized spacial score (nSPS) is 13.7. The Morgan fingerprint density at radius 1 is 1.46 bits per heavy atom. The van der Waals surface area contributed by atoms with Crippen LogP contribution in [0.1, 0.15) is 6.42 Å². The molecule has 0 saturated heterocycles. The first-order valence-corrected chi connectivity index (χ1v) is 4.90. The van der Waals surface area contributed by atoms with Gasteiger partial charge in [0.05, 0.1) is 6.10 Å². The number of hydrogen-bond donors (Lipinski definition) is 2.